The average Bonchev–Trinajstić information content (AvgIpc) is 3.46. The van der Waals surface area contributed by atoms with Crippen molar-refractivity contribution in [1.82, 2.24) is 9.99 Å². The number of para-hydroxylation sites is 1. The summed E-state index contributed by atoms with van der Waals surface area (Å²) in [5.41, 5.74) is 3.10. The van der Waals surface area contributed by atoms with E-state index in [4.69, 9.17) is 4.42 Å². The maximum absolute atomic E-state index is 12.9. The molecule has 0 spiro atoms. The molecule has 4 rings (SSSR count). The van der Waals surface area contributed by atoms with E-state index >= 15 is 0 Å². The third-order valence-electron chi connectivity index (χ3n) is 4.49. The summed E-state index contributed by atoms with van der Waals surface area (Å²) in [7, 11) is 0. The van der Waals surface area contributed by atoms with E-state index in [2.05, 4.69) is 10.5 Å². The third kappa shape index (κ3) is 4.58. The van der Waals surface area contributed by atoms with Crippen molar-refractivity contribution in [3.63, 3.8) is 0 Å². The van der Waals surface area contributed by atoms with Crippen LogP contribution in [0.4, 0.5) is 13.2 Å². The molecule has 1 amide bonds. The van der Waals surface area contributed by atoms with Crippen molar-refractivity contribution >= 4 is 12.1 Å². The molecule has 2 aromatic heterocycles. The standard InChI is InChI=1S/C23H16F3N3O2/c24-23(25,26)17-7-5-6-16(14-17)21-11-10-18(31-21)15-27-28-22(30)19-8-1-2-9-20(19)29-12-3-4-13-29/h1-15H,(H,28,30). The Hall–Kier alpha value is -4.07. The molecule has 0 radical (unpaired) electrons. The van der Waals surface area contributed by atoms with E-state index in [1.165, 1.54) is 18.3 Å². The van der Waals surface area contributed by atoms with Crippen LogP contribution in [0.1, 0.15) is 21.7 Å². The zero-order chi connectivity index (χ0) is 21.8. The summed E-state index contributed by atoms with van der Waals surface area (Å²) < 4.78 is 46.0. The molecule has 2 aromatic carbocycles. The van der Waals surface area contributed by atoms with Crippen molar-refractivity contribution in [3.05, 3.63) is 102 Å². The minimum Gasteiger partial charge on any atom is -0.455 e. The van der Waals surface area contributed by atoms with Gasteiger partial charge < -0.3 is 8.98 Å². The molecule has 0 saturated carbocycles. The number of nitrogens with zero attached hydrogens (tertiary/aromatic N) is 2. The van der Waals surface area contributed by atoms with E-state index in [1.807, 2.05) is 41.2 Å². The molecule has 0 bridgehead atoms. The number of halogens is 3. The highest BCUT2D eigenvalue weighted by molar-refractivity contribution is 5.98. The van der Waals surface area contributed by atoms with Crippen molar-refractivity contribution in [2.75, 3.05) is 0 Å². The fourth-order valence-electron chi connectivity index (χ4n) is 3.03. The number of aromatic nitrogens is 1. The molecule has 0 aliphatic heterocycles. The summed E-state index contributed by atoms with van der Waals surface area (Å²) in [4.78, 5) is 12.5. The Bertz CT molecular complexity index is 1220. The molecule has 0 saturated heterocycles. The summed E-state index contributed by atoms with van der Waals surface area (Å²) in [6, 6.07) is 18.7. The minimum absolute atomic E-state index is 0.261. The first-order valence-corrected chi connectivity index (χ1v) is 9.25. The van der Waals surface area contributed by atoms with Crippen LogP contribution >= 0.6 is 0 Å². The molecule has 0 aliphatic rings. The predicted molar refractivity (Wildman–Crippen MR) is 110 cm³/mol. The highest BCUT2D eigenvalue weighted by Gasteiger charge is 2.30. The first-order valence-electron chi connectivity index (χ1n) is 9.25. The van der Waals surface area contributed by atoms with Gasteiger partial charge in [-0.2, -0.15) is 18.3 Å². The van der Waals surface area contributed by atoms with Gasteiger partial charge in [0.25, 0.3) is 5.91 Å². The van der Waals surface area contributed by atoms with Gasteiger partial charge in [0.1, 0.15) is 11.5 Å². The predicted octanol–water partition coefficient (Wildman–Crippen LogP) is 5.52. The van der Waals surface area contributed by atoms with Crippen LogP contribution in [-0.4, -0.2) is 16.7 Å². The normalized spacial score (nSPS) is 11.7. The van der Waals surface area contributed by atoms with Crippen LogP contribution in [0.15, 0.2) is 94.7 Å². The summed E-state index contributed by atoms with van der Waals surface area (Å²) >= 11 is 0. The van der Waals surface area contributed by atoms with Gasteiger partial charge in [0.2, 0.25) is 0 Å². The number of benzene rings is 2. The number of furan rings is 1. The van der Waals surface area contributed by atoms with E-state index in [0.717, 1.165) is 12.1 Å². The van der Waals surface area contributed by atoms with E-state index in [-0.39, 0.29) is 11.5 Å². The van der Waals surface area contributed by atoms with Crippen LogP contribution < -0.4 is 5.43 Å². The van der Waals surface area contributed by atoms with Crippen molar-refractivity contribution in [2.24, 2.45) is 5.10 Å². The number of alkyl halides is 3. The van der Waals surface area contributed by atoms with Gasteiger partial charge in [-0.15, -0.1) is 0 Å². The van der Waals surface area contributed by atoms with Crippen LogP contribution in [0, 0.1) is 0 Å². The second kappa shape index (κ2) is 8.35. The lowest BCUT2D eigenvalue weighted by molar-refractivity contribution is -0.137. The van der Waals surface area contributed by atoms with Gasteiger partial charge in [-0.25, -0.2) is 5.43 Å². The molecule has 156 valence electrons. The molecule has 0 unspecified atom stereocenters. The van der Waals surface area contributed by atoms with Gasteiger partial charge >= 0.3 is 6.18 Å². The Morgan fingerprint density at radius 1 is 0.968 bits per heavy atom. The smallest absolute Gasteiger partial charge is 0.416 e. The number of hydrogen-bond acceptors (Lipinski definition) is 3. The molecule has 0 fully saturated rings. The summed E-state index contributed by atoms with van der Waals surface area (Å²) in [5.74, 6) is 0.133. The topological polar surface area (TPSA) is 59.5 Å². The number of amides is 1. The minimum atomic E-state index is -4.44. The molecular weight excluding hydrogens is 407 g/mol. The van der Waals surface area contributed by atoms with Crippen molar-refractivity contribution < 1.29 is 22.4 Å². The Morgan fingerprint density at radius 3 is 2.52 bits per heavy atom. The molecular formula is C23H16F3N3O2. The third-order valence-corrected chi connectivity index (χ3v) is 4.49. The first kappa shape index (κ1) is 20.2. The largest absolute Gasteiger partial charge is 0.455 e. The Labute approximate surface area is 175 Å². The van der Waals surface area contributed by atoms with E-state index in [0.29, 0.717) is 16.8 Å². The molecule has 8 heteroatoms. The molecule has 31 heavy (non-hydrogen) atoms. The van der Waals surface area contributed by atoms with Crippen LogP contribution in [0.3, 0.4) is 0 Å². The lowest BCUT2D eigenvalue weighted by Crippen LogP contribution is -2.19. The number of nitrogens with one attached hydrogen (secondary N) is 1. The molecule has 0 aliphatic carbocycles. The monoisotopic (exact) mass is 423 g/mol. The van der Waals surface area contributed by atoms with Crippen LogP contribution in [-0.2, 0) is 6.18 Å². The molecule has 5 nitrogen and oxygen atoms in total. The molecule has 4 aromatic rings. The number of carbonyl (C=O) groups is 1. The number of carbonyl (C=O) groups excluding carboxylic acids is 1. The fraction of sp³-hybridized carbons (Fsp3) is 0.0435. The van der Waals surface area contributed by atoms with Gasteiger partial charge in [0.05, 0.1) is 23.0 Å². The van der Waals surface area contributed by atoms with Gasteiger partial charge in [0.15, 0.2) is 0 Å². The summed E-state index contributed by atoms with van der Waals surface area (Å²) in [6.45, 7) is 0. The number of rotatable bonds is 5. The number of hydrazone groups is 1. The second-order valence-corrected chi connectivity index (χ2v) is 6.59. The fourth-order valence-corrected chi connectivity index (χ4v) is 3.03. The SMILES string of the molecule is O=C(NN=Cc1ccc(-c2cccc(C(F)(F)F)c2)o1)c1ccccc1-n1cccc1. The average molecular weight is 423 g/mol. The quantitative estimate of drug-likeness (QED) is 0.339. The van der Waals surface area contributed by atoms with Crippen molar-refractivity contribution in [3.8, 4) is 17.0 Å². The van der Waals surface area contributed by atoms with Gasteiger partial charge in [-0.05, 0) is 48.5 Å². The lowest BCUT2D eigenvalue weighted by atomic mass is 10.1. The van der Waals surface area contributed by atoms with Gasteiger partial charge in [0, 0.05) is 18.0 Å². The highest BCUT2D eigenvalue weighted by atomic mass is 19.4. The lowest BCUT2D eigenvalue weighted by Gasteiger charge is -2.08. The molecule has 1 N–H and O–H groups in total. The zero-order valence-corrected chi connectivity index (χ0v) is 16.0. The highest BCUT2D eigenvalue weighted by Crippen LogP contribution is 2.32. The van der Waals surface area contributed by atoms with E-state index < -0.39 is 17.6 Å². The van der Waals surface area contributed by atoms with Gasteiger partial charge in [-0.3, -0.25) is 4.79 Å². The van der Waals surface area contributed by atoms with Gasteiger partial charge in [-0.1, -0.05) is 24.3 Å². The van der Waals surface area contributed by atoms with E-state index in [9.17, 15) is 18.0 Å². The van der Waals surface area contributed by atoms with Crippen LogP contribution in [0.25, 0.3) is 17.0 Å². The maximum Gasteiger partial charge on any atom is 0.416 e. The Morgan fingerprint density at radius 2 is 1.74 bits per heavy atom. The van der Waals surface area contributed by atoms with E-state index in [1.54, 1.807) is 24.3 Å². The Balaban J connectivity index is 1.47. The van der Waals surface area contributed by atoms with Crippen molar-refractivity contribution in [1.29, 1.82) is 0 Å². The zero-order valence-electron chi connectivity index (χ0n) is 16.0. The summed E-state index contributed by atoms with van der Waals surface area (Å²) in [5, 5.41) is 3.90. The van der Waals surface area contributed by atoms with Crippen molar-refractivity contribution in [2.45, 2.75) is 6.18 Å². The summed E-state index contributed by atoms with van der Waals surface area (Å²) in [6.07, 6.45) is 0.502. The maximum atomic E-state index is 12.9. The van der Waals surface area contributed by atoms with Crippen LogP contribution in [0.2, 0.25) is 0 Å². The number of hydrogen-bond donors (Lipinski definition) is 1. The molecule has 2 heterocycles. The van der Waals surface area contributed by atoms with Crippen LogP contribution in [0.5, 0.6) is 0 Å². The Kier molecular flexibility index (Phi) is 5.44. The second-order valence-electron chi connectivity index (χ2n) is 6.59. The first-order chi connectivity index (χ1) is 14.9. The molecule has 0 atom stereocenters.